The molecule has 0 spiro atoms. The molecule has 2 aromatic rings. The van der Waals surface area contributed by atoms with Gasteiger partial charge in [0.05, 0.1) is 20.7 Å². The van der Waals surface area contributed by atoms with Crippen LogP contribution >= 0.6 is 50.5 Å². The summed E-state index contributed by atoms with van der Waals surface area (Å²) >= 11 is 16.5. The largest absolute Gasteiger partial charge is 0.379 e. The van der Waals surface area contributed by atoms with E-state index in [9.17, 15) is 10.1 Å². The van der Waals surface area contributed by atoms with Crippen LogP contribution in [0.5, 0.6) is 0 Å². The Morgan fingerprint density at radius 1 is 1.32 bits per heavy atom. The monoisotopic (exact) mass is 380 g/mol. The molecule has 0 saturated heterocycles. The predicted molar refractivity (Wildman–Crippen MR) is 82.5 cm³/mol. The minimum atomic E-state index is -0.409. The quantitative estimate of drug-likeness (QED) is 0.574. The van der Waals surface area contributed by atoms with Crippen molar-refractivity contribution in [2.24, 2.45) is 0 Å². The van der Waals surface area contributed by atoms with Gasteiger partial charge in [-0.1, -0.05) is 50.5 Å². The van der Waals surface area contributed by atoms with Crippen molar-refractivity contribution in [1.29, 1.82) is 0 Å². The van der Waals surface area contributed by atoms with Crippen molar-refractivity contribution in [1.82, 2.24) is 0 Å². The van der Waals surface area contributed by atoms with Gasteiger partial charge < -0.3 is 5.32 Å². The highest BCUT2D eigenvalue weighted by Gasteiger charge is 2.11. The molecule has 0 radical (unpaired) electrons. The van der Waals surface area contributed by atoms with Gasteiger partial charge in [-0.2, -0.15) is 0 Å². The smallest absolute Gasteiger partial charge is 0.324 e. The third-order valence-corrected chi connectivity index (χ3v) is 4.28. The molecule has 100 valence electrons. The van der Waals surface area contributed by atoms with Crippen molar-refractivity contribution in [2.75, 3.05) is 5.32 Å². The number of anilines is 1. The minimum Gasteiger partial charge on any atom is -0.379 e. The average molecular weight is 382 g/mol. The third-order valence-electron chi connectivity index (χ3n) is 2.30. The van der Waals surface area contributed by atoms with Gasteiger partial charge in [0.25, 0.3) is 0 Å². The van der Waals surface area contributed by atoms with Crippen LogP contribution in [-0.4, -0.2) is 4.92 Å². The fourth-order valence-electron chi connectivity index (χ4n) is 1.45. The first-order valence-corrected chi connectivity index (χ1v) is 7.50. The second-order valence-corrected chi connectivity index (χ2v) is 6.27. The number of thiophene rings is 1. The van der Waals surface area contributed by atoms with Gasteiger partial charge in [0, 0.05) is 22.5 Å². The molecule has 19 heavy (non-hydrogen) atoms. The second-order valence-electron chi connectivity index (χ2n) is 3.65. The van der Waals surface area contributed by atoms with E-state index in [0.29, 0.717) is 22.3 Å². The normalized spacial score (nSPS) is 10.5. The Kier molecular flexibility index (Phi) is 4.67. The van der Waals surface area contributed by atoms with Gasteiger partial charge in [0.15, 0.2) is 0 Å². The van der Waals surface area contributed by atoms with E-state index < -0.39 is 4.92 Å². The molecule has 0 aliphatic heterocycles. The summed E-state index contributed by atoms with van der Waals surface area (Å²) in [5, 5.41) is 16.5. The van der Waals surface area contributed by atoms with E-state index in [4.69, 9.17) is 23.2 Å². The highest BCUT2D eigenvalue weighted by Crippen LogP contribution is 2.34. The van der Waals surface area contributed by atoms with Crippen LogP contribution in [-0.2, 0) is 6.54 Å². The van der Waals surface area contributed by atoms with Crippen LogP contribution in [0.3, 0.4) is 0 Å². The van der Waals surface area contributed by atoms with Gasteiger partial charge in [-0.05, 0) is 17.7 Å². The molecule has 1 aromatic carbocycles. The zero-order valence-corrected chi connectivity index (χ0v) is 13.2. The molecule has 1 aromatic heterocycles. The maximum absolute atomic E-state index is 10.6. The summed E-state index contributed by atoms with van der Waals surface area (Å²) in [7, 11) is 0. The lowest BCUT2D eigenvalue weighted by atomic mass is 10.3. The van der Waals surface area contributed by atoms with E-state index in [1.807, 2.05) is 0 Å². The molecule has 1 N–H and O–H groups in total. The molecule has 0 atom stereocenters. The number of nitro groups is 1. The van der Waals surface area contributed by atoms with E-state index >= 15 is 0 Å². The molecular formula is C11H7BrCl2N2O2S. The molecule has 0 saturated carbocycles. The number of halogens is 3. The maximum Gasteiger partial charge on any atom is 0.324 e. The van der Waals surface area contributed by atoms with E-state index in [1.165, 1.54) is 6.07 Å². The van der Waals surface area contributed by atoms with Gasteiger partial charge in [0.2, 0.25) is 0 Å². The van der Waals surface area contributed by atoms with Gasteiger partial charge in [-0.25, -0.2) is 0 Å². The molecule has 0 aliphatic carbocycles. The number of rotatable bonds is 4. The van der Waals surface area contributed by atoms with E-state index in [2.05, 4.69) is 21.2 Å². The van der Waals surface area contributed by atoms with Crippen LogP contribution in [0.15, 0.2) is 28.1 Å². The van der Waals surface area contributed by atoms with Crippen LogP contribution in [0.4, 0.5) is 10.7 Å². The van der Waals surface area contributed by atoms with Crippen LogP contribution in [0.2, 0.25) is 10.0 Å². The van der Waals surface area contributed by atoms with Gasteiger partial charge in [-0.3, -0.25) is 10.1 Å². The van der Waals surface area contributed by atoms with Crippen LogP contribution in [0.1, 0.15) is 5.56 Å². The third kappa shape index (κ3) is 3.60. The molecule has 0 unspecified atom stereocenters. The molecule has 8 heteroatoms. The molecule has 0 amide bonds. The summed E-state index contributed by atoms with van der Waals surface area (Å²) < 4.78 is 0.791. The van der Waals surface area contributed by atoms with Crippen molar-refractivity contribution in [3.8, 4) is 0 Å². The summed E-state index contributed by atoms with van der Waals surface area (Å²) in [5.74, 6) is 0. The lowest BCUT2D eigenvalue weighted by molar-refractivity contribution is -0.380. The lowest BCUT2D eigenvalue weighted by Gasteiger charge is -2.10. The van der Waals surface area contributed by atoms with E-state index in [1.54, 1.807) is 17.5 Å². The second kappa shape index (κ2) is 6.09. The Labute approximate surface area is 131 Å². The number of hydrogen-bond donors (Lipinski definition) is 1. The highest BCUT2D eigenvalue weighted by atomic mass is 79.9. The summed E-state index contributed by atoms with van der Waals surface area (Å²) in [6.45, 7) is 0.422. The zero-order chi connectivity index (χ0) is 14.0. The first kappa shape index (κ1) is 14.6. The lowest BCUT2D eigenvalue weighted by Crippen LogP contribution is -1.99. The summed E-state index contributed by atoms with van der Waals surface area (Å²) in [6.07, 6.45) is 0. The molecule has 2 rings (SSSR count). The highest BCUT2D eigenvalue weighted by molar-refractivity contribution is 9.10. The molecular weight excluding hydrogens is 375 g/mol. The fourth-order valence-corrected chi connectivity index (χ4v) is 3.52. The molecule has 1 heterocycles. The van der Waals surface area contributed by atoms with Crippen molar-refractivity contribution >= 4 is 61.2 Å². The van der Waals surface area contributed by atoms with Gasteiger partial charge in [-0.15, -0.1) is 0 Å². The minimum absolute atomic E-state index is 0.116. The Balaban J connectivity index is 2.12. The Hall–Kier alpha value is -0.820. The first-order chi connectivity index (χ1) is 8.97. The van der Waals surface area contributed by atoms with Gasteiger partial charge >= 0.3 is 5.00 Å². The average Bonchev–Trinajstić information content (AvgIpc) is 2.76. The van der Waals surface area contributed by atoms with Crippen molar-refractivity contribution in [3.05, 3.63) is 53.8 Å². The Morgan fingerprint density at radius 2 is 1.95 bits per heavy atom. The number of benzene rings is 1. The van der Waals surface area contributed by atoms with Gasteiger partial charge in [0.1, 0.15) is 0 Å². The SMILES string of the molecule is O=[N+]([O-])c1cc(CNc2c(Cl)cc(Br)cc2Cl)cs1. The molecule has 4 nitrogen and oxygen atoms in total. The number of hydrogen-bond acceptors (Lipinski definition) is 4. The zero-order valence-electron chi connectivity index (χ0n) is 9.32. The molecule has 0 aliphatic rings. The van der Waals surface area contributed by atoms with Crippen molar-refractivity contribution in [2.45, 2.75) is 6.54 Å². The molecule has 0 fully saturated rings. The number of nitrogens with one attached hydrogen (secondary N) is 1. The Morgan fingerprint density at radius 3 is 2.47 bits per heavy atom. The van der Waals surface area contributed by atoms with Crippen molar-refractivity contribution < 1.29 is 4.92 Å². The summed E-state index contributed by atoms with van der Waals surface area (Å²) in [6, 6.07) is 4.98. The number of nitrogens with zero attached hydrogens (tertiary/aromatic N) is 1. The molecule has 0 bridgehead atoms. The fraction of sp³-hybridized carbons (Fsp3) is 0.0909. The van der Waals surface area contributed by atoms with E-state index in [-0.39, 0.29) is 5.00 Å². The summed E-state index contributed by atoms with van der Waals surface area (Å²) in [4.78, 5) is 10.2. The summed E-state index contributed by atoms with van der Waals surface area (Å²) in [5.41, 5.74) is 1.42. The Bertz CT molecular complexity index is 610. The standard InChI is InChI=1S/C11H7BrCl2N2O2S/c12-7-2-8(13)11(9(14)3-7)15-4-6-1-10(16(17)18)19-5-6/h1-3,5,15H,4H2. The maximum atomic E-state index is 10.6. The van der Waals surface area contributed by atoms with Crippen LogP contribution in [0.25, 0.3) is 0 Å². The topological polar surface area (TPSA) is 55.2 Å². The van der Waals surface area contributed by atoms with E-state index in [0.717, 1.165) is 21.4 Å². The van der Waals surface area contributed by atoms with Crippen molar-refractivity contribution in [3.63, 3.8) is 0 Å². The first-order valence-electron chi connectivity index (χ1n) is 5.07. The van der Waals surface area contributed by atoms with Crippen LogP contribution < -0.4 is 5.32 Å². The van der Waals surface area contributed by atoms with Crippen LogP contribution in [0, 0.1) is 10.1 Å². The predicted octanol–water partition coefficient (Wildman–Crippen LogP) is 5.34.